The van der Waals surface area contributed by atoms with Crippen molar-refractivity contribution >= 4 is 11.6 Å². The van der Waals surface area contributed by atoms with Gasteiger partial charge in [0.1, 0.15) is 5.56 Å². The van der Waals surface area contributed by atoms with Gasteiger partial charge in [-0.05, 0) is 37.8 Å². The SMILES string of the molecule is Cc1cnn(C[C@@H]2CCCCN2C(=O)c2cnn3cccnc23)c1. The summed E-state index contributed by atoms with van der Waals surface area (Å²) in [6, 6.07) is 1.96. The molecule has 1 atom stereocenters. The molecule has 24 heavy (non-hydrogen) atoms. The van der Waals surface area contributed by atoms with Gasteiger partial charge in [-0.3, -0.25) is 9.48 Å². The van der Waals surface area contributed by atoms with Crippen molar-refractivity contribution in [3.63, 3.8) is 0 Å². The van der Waals surface area contributed by atoms with E-state index < -0.39 is 0 Å². The normalized spacial score (nSPS) is 18.2. The first-order chi connectivity index (χ1) is 11.7. The highest BCUT2D eigenvalue weighted by Gasteiger charge is 2.29. The van der Waals surface area contributed by atoms with Crippen LogP contribution in [0, 0.1) is 6.92 Å². The van der Waals surface area contributed by atoms with Crippen LogP contribution in [0.25, 0.3) is 5.65 Å². The lowest BCUT2D eigenvalue weighted by Crippen LogP contribution is -2.46. The standard InChI is InChI=1S/C17H20N6O/c1-13-9-19-21(11-13)12-14-5-2-3-7-22(14)17(24)15-10-20-23-8-4-6-18-16(15)23/h4,6,8-11,14H,2-3,5,7,12H2,1H3/t14-/m0/s1. The minimum Gasteiger partial charge on any atom is -0.334 e. The second-order valence-corrected chi connectivity index (χ2v) is 6.33. The van der Waals surface area contributed by atoms with Crippen LogP contribution in [0.5, 0.6) is 0 Å². The third-order valence-corrected chi connectivity index (χ3v) is 4.56. The molecule has 0 bridgehead atoms. The van der Waals surface area contributed by atoms with E-state index in [0.29, 0.717) is 11.2 Å². The van der Waals surface area contributed by atoms with Crippen molar-refractivity contribution in [1.82, 2.24) is 29.3 Å². The summed E-state index contributed by atoms with van der Waals surface area (Å²) >= 11 is 0. The molecule has 1 fully saturated rings. The Kier molecular flexibility index (Phi) is 3.76. The molecule has 0 aliphatic carbocycles. The van der Waals surface area contributed by atoms with Crippen molar-refractivity contribution < 1.29 is 4.79 Å². The summed E-state index contributed by atoms with van der Waals surface area (Å²) in [5.74, 6) is 0.0114. The fourth-order valence-corrected chi connectivity index (χ4v) is 3.37. The van der Waals surface area contributed by atoms with Crippen LogP contribution in [0.1, 0.15) is 35.2 Å². The number of rotatable bonds is 3. The van der Waals surface area contributed by atoms with Crippen LogP contribution in [-0.4, -0.2) is 47.8 Å². The number of nitrogens with zero attached hydrogens (tertiary/aromatic N) is 6. The quantitative estimate of drug-likeness (QED) is 0.738. The second-order valence-electron chi connectivity index (χ2n) is 6.33. The van der Waals surface area contributed by atoms with Gasteiger partial charge in [-0.25, -0.2) is 9.50 Å². The molecule has 1 saturated heterocycles. The molecule has 1 amide bonds. The highest BCUT2D eigenvalue weighted by atomic mass is 16.2. The summed E-state index contributed by atoms with van der Waals surface area (Å²) in [5, 5.41) is 8.60. The zero-order chi connectivity index (χ0) is 16.5. The molecule has 0 radical (unpaired) electrons. The van der Waals surface area contributed by atoms with Crippen LogP contribution in [0.4, 0.5) is 0 Å². The molecule has 0 spiro atoms. The number of hydrogen-bond donors (Lipinski definition) is 0. The van der Waals surface area contributed by atoms with Crippen LogP contribution in [-0.2, 0) is 6.54 Å². The minimum atomic E-state index is 0.0114. The maximum absolute atomic E-state index is 13.1. The highest BCUT2D eigenvalue weighted by Crippen LogP contribution is 2.22. The molecule has 0 aromatic carbocycles. The van der Waals surface area contributed by atoms with Crippen LogP contribution < -0.4 is 0 Å². The Labute approximate surface area is 139 Å². The van der Waals surface area contributed by atoms with Gasteiger partial charge in [0.05, 0.1) is 25.0 Å². The molecule has 1 aliphatic heterocycles. The Balaban J connectivity index is 1.61. The van der Waals surface area contributed by atoms with Gasteiger partial charge in [-0.15, -0.1) is 0 Å². The first-order valence-corrected chi connectivity index (χ1v) is 8.31. The van der Waals surface area contributed by atoms with E-state index >= 15 is 0 Å². The fourth-order valence-electron chi connectivity index (χ4n) is 3.37. The summed E-state index contributed by atoms with van der Waals surface area (Å²) in [7, 11) is 0. The summed E-state index contributed by atoms with van der Waals surface area (Å²) in [6.07, 6.45) is 12.2. The number of likely N-dealkylation sites (tertiary alicyclic amines) is 1. The van der Waals surface area contributed by atoms with Gasteiger partial charge in [-0.2, -0.15) is 10.2 Å². The second kappa shape index (κ2) is 6.07. The first-order valence-electron chi connectivity index (χ1n) is 8.31. The molecule has 3 aromatic heterocycles. The summed E-state index contributed by atoms with van der Waals surface area (Å²) < 4.78 is 3.57. The molecule has 7 heteroatoms. The zero-order valence-electron chi connectivity index (χ0n) is 13.7. The highest BCUT2D eigenvalue weighted by molar-refractivity contribution is 5.99. The molecule has 4 heterocycles. The van der Waals surface area contributed by atoms with Crippen molar-refractivity contribution in [2.24, 2.45) is 0 Å². The van der Waals surface area contributed by atoms with E-state index in [9.17, 15) is 4.79 Å². The molecule has 0 unspecified atom stereocenters. The van der Waals surface area contributed by atoms with Crippen LogP contribution >= 0.6 is 0 Å². The molecule has 124 valence electrons. The number of piperidine rings is 1. The fraction of sp³-hybridized carbons (Fsp3) is 0.412. The molecular formula is C17H20N6O. The van der Waals surface area contributed by atoms with E-state index in [0.717, 1.165) is 37.9 Å². The Bertz CT molecular complexity index is 867. The van der Waals surface area contributed by atoms with Crippen molar-refractivity contribution in [3.8, 4) is 0 Å². The van der Waals surface area contributed by atoms with Gasteiger partial charge in [0.2, 0.25) is 0 Å². The number of carbonyl (C=O) groups is 1. The maximum atomic E-state index is 13.1. The van der Waals surface area contributed by atoms with E-state index in [4.69, 9.17) is 0 Å². The lowest BCUT2D eigenvalue weighted by Gasteiger charge is -2.35. The predicted octanol–water partition coefficient (Wildman–Crippen LogP) is 1.93. The Morgan fingerprint density at radius 3 is 3.04 bits per heavy atom. The monoisotopic (exact) mass is 324 g/mol. The molecular weight excluding hydrogens is 304 g/mol. The number of amides is 1. The first kappa shape index (κ1) is 14.9. The summed E-state index contributed by atoms with van der Waals surface area (Å²) in [4.78, 5) is 19.4. The topological polar surface area (TPSA) is 68.3 Å². The molecule has 7 nitrogen and oxygen atoms in total. The lowest BCUT2D eigenvalue weighted by atomic mass is 10.0. The number of fused-ring (bicyclic) bond motifs is 1. The molecule has 0 N–H and O–H groups in total. The van der Waals surface area contributed by atoms with Crippen LogP contribution in [0.15, 0.2) is 37.1 Å². The van der Waals surface area contributed by atoms with E-state index in [1.807, 2.05) is 28.9 Å². The minimum absolute atomic E-state index is 0.0114. The van der Waals surface area contributed by atoms with Crippen molar-refractivity contribution in [2.75, 3.05) is 6.54 Å². The Morgan fingerprint density at radius 1 is 1.29 bits per heavy atom. The van der Waals surface area contributed by atoms with Gasteiger partial charge in [-0.1, -0.05) is 0 Å². The van der Waals surface area contributed by atoms with Gasteiger partial charge in [0, 0.05) is 25.1 Å². The van der Waals surface area contributed by atoms with E-state index in [-0.39, 0.29) is 11.9 Å². The van der Waals surface area contributed by atoms with Gasteiger partial charge >= 0.3 is 0 Å². The van der Waals surface area contributed by atoms with Gasteiger partial charge < -0.3 is 4.90 Å². The van der Waals surface area contributed by atoms with Crippen molar-refractivity contribution in [1.29, 1.82) is 0 Å². The molecule has 0 saturated carbocycles. The largest absolute Gasteiger partial charge is 0.334 e. The summed E-state index contributed by atoms with van der Waals surface area (Å²) in [5.41, 5.74) is 2.32. The van der Waals surface area contributed by atoms with E-state index in [1.54, 1.807) is 29.2 Å². The number of aryl methyl sites for hydroxylation is 1. The van der Waals surface area contributed by atoms with E-state index in [2.05, 4.69) is 15.2 Å². The van der Waals surface area contributed by atoms with Crippen molar-refractivity contribution in [2.45, 2.75) is 38.8 Å². The van der Waals surface area contributed by atoms with E-state index in [1.165, 1.54) is 0 Å². The number of carbonyl (C=O) groups excluding carboxylic acids is 1. The Morgan fingerprint density at radius 2 is 2.21 bits per heavy atom. The van der Waals surface area contributed by atoms with Gasteiger partial charge in [0.25, 0.3) is 5.91 Å². The van der Waals surface area contributed by atoms with Crippen LogP contribution in [0.3, 0.4) is 0 Å². The third-order valence-electron chi connectivity index (χ3n) is 4.56. The Hall–Kier alpha value is -2.70. The number of aromatic nitrogens is 5. The smallest absolute Gasteiger partial charge is 0.259 e. The predicted molar refractivity (Wildman–Crippen MR) is 88.6 cm³/mol. The zero-order valence-corrected chi connectivity index (χ0v) is 13.7. The van der Waals surface area contributed by atoms with Gasteiger partial charge in [0.15, 0.2) is 5.65 Å². The van der Waals surface area contributed by atoms with Crippen LogP contribution in [0.2, 0.25) is 0 Å². The average molecular weight is 324 g/mol. The molecule has 1 aliphatic rings. The molecule has 3 aromatic rings. The molecule has 4 rings (SSSR count). The lowest BCUT2D eigenvalue weighted by molar-refractivity contribution is 0.0585. The third kappa shape index (κ3) is 2.66. The summed E-state index contributed by atoms with van der Waals surface area (Å²) in [6.45, 7) is 3.53. The van der Waals surface area contributed by atoms with Crippen molar-refractivity contribution in [3.05, 3.63) is 48.2 Å². The average Bonchev–Trinajstić information content (AvgIpc) is 3.21. The number of hydrogen-bond acceptors (Lipinski definition) is 4. The maximum Gasteiger partial charge on any atom is 0.259 e.